The van der Waals surface area contributed by atoms with Gasteiger partial charge in [0, 0.05) is 54.7 Å². The Morgan fingerprint density at radius 2 is 0.944 bits per heavy atom. The van der Waals surface area contributed by atoms with Gasteiger partial charge in [-0.15, -0.1) is 0 Å². The van der Waals surface area contributed by atoms with Crippen molar-refractivity contribution < 1.29 is 8.83 Å². The third-order valence-electron chi connectivity index (χ3n) is 9.50. The second-order valence-corrected chi connectivity index (χ2v) is 10.6. The summed E-state index contributed by atoms with van der Waals surface area (Å²) in [7, 11) is 0. The quantitative estimate of drug-likeness (QED) is 0.185. The Bertz CT molecular complexity index is 2310. The molecule has 1 N–H and O–H groups in total. The molecular formula is C30H10N4O2. The molecule has 0 atom stereocenters. The molecule has 13 rings (SSSR count). The van der Waals surface area contributed by atoms with Crippen molar-refractivity contribution >= 4 is 115 Å². The maximum atomic E-state index is 6.38. The van der Waals surface area contributed by atoms with Crippen LogP contribution in [0.4, 0.5) is 0 Å². The third-order valence-corrected chi connectivity index (χ3v) is 9.50. The Hall–Kier alpha value is -5.10. The van der Waals surface area contributed by atoms with Gasteiger partial charge in [0.1, 0.15) is 12.5 Å². The van der Waals surface area contributed by atoms with Crippen LogP contribution >= 0.6 is 0 Å². The van der Waals surface area contributed by atoms with Gasteiger partial charge in [-0.2, -0.15) is 0 Å². The Labute approximate surface area is 197 Å². The molecule has 13 aromatic rings. The van der Waals surface area contributed by atoms with Crippen LogP contribution in [0.25, 0.3) is 115 Å². The first-order valence-corrected chi connectivity index (χ1v) is 12.3. The predicted octanol–water partition coefficient (Wildman–Crippen LogP) is 7.96. The summed E-state index contributed by atoms with van der Waals surface area (Å²) in [6.45, 7) is 0. The lowest BCUT2D eigenvalue weighted by atomic mass is 9.92. The fourth-order valence-corrected chi connectivity index (χ4v) is 8.36. The van der Waals surface area contributed by atoms with Crippen molar-refractivity contribution in [1.82, 2.24) is 18.2 Å². The minimum absolute atomic E-state index is 0.961. The van der Waals surface area contributed by atoms with Crippen LogP contribution in [-0.4, -0.2) is 18.2 Å². The molecule has 0 spiro atoms. The molecule has 36 heavy (non-hydrogen) atoms. The number of benzene rings is 1. The largest absolute Gasteiger partial charge is 0.461 e. The van der Waals surface area contributed by atoms with E-state index in [2.05, 4.69) is 60.8 Å². The summed E-state index contributed by atoms with van der Waals surface area (Å²) < 4.78 is 20.1. The molecule has 0 aliphatic heterocycles. The van der Waals surface area contributed by atoms with Gasteiger partial charge in [0.2, 0.25) is 0 Å². The van der Waals surface area contributed by atoms with Crippen molar-refractivity contribution in [3.05, 3.63) is 55.1 Å². The summed E-state index contributed by atoms with van der Waals surface area (Å²) in [6, 6.07) is 13.4. The van der Waals surface area contributed by atoms with Crippen molar-refractivity contribution in [2.45, 2.75) is 0 Å². The standard InChI is InChI=1S/C30H10N4O2/c1-4-16-25-19-10(7-31-25)13-2-5-17-29-21-12(9-36-29)15-3-6-18-30-20-11(8-35-30)14(1)32(16)26-22(19)27(33(13)17)24(21)28(23(20)26)34(15)18/h1-9,31H. The zero-order chi connectivity index (χ0) is 22.3. The molecule has 6 nitrogen and oxygen atoms in total. The molecule has 12 aromatic heterocycles. The number of furan rings is 2. The van der Waals surface area contributed by atoms with Gasteiger partial charge < -0.3 is 27.0 Å². The lowest BCUT2D eigenvalue weighted by Gasteiger charge is -2.23. The first-order valence-electron chi connectivity index (χ1n) is 12.3. The molecule has 162 valence electrons. The minimum Gasteiger partial charge on any atom is -0.461 e. The second kappa shape index (κ2) is 4.01. The van der Waals surface area contributed by atoms with Gasteiger partial charge in [-0.1, -0.05) is 0 Å². The zero-order valence-electron chi connectivity index (χ0n) is 18.4. The van der Waals surface area contributed by atoms with E-state index >= 15 is 0 Å². The fraction of sp³-hybridized carbons (Fsp3) is 0. The summed E-state index contributed by atoms with van der Waals surface area (Å²) in [5.41, 5.74) is 14.0. The highest BCUT2D eigenvalue weighted by Crippen LogP contribution is 2.55. The lowest BCUT2D eigenvalue weighted by Crippen LogP contribution is -2.04. The van der Waals surface area contributed by atoms with Crippen LogP contribution < -0.4 is 0 Å². The maximum absolute atomic E-state index is 6.38. The van der Waals surface area contributed by atoms with Gasteiger partial charge in [-0.05, 0) is 36.4 Å². The van der Waals surface area contributed by atoms with Crippen LogP contribution in [0.1, 0.15) is 0 Å². The van der Waals surface area contributed by atoms with Crippen molar-refractivity contribution in [3.8, 4) is 0 Å². The van der Waals surface area contributed by atoms with E-state index in [0.29, 0.717) is 0 Å². The van der Waals surface area contributed by atoms with Gasteiger partial charge in [0.15, 0.2) is 11.2 Å². The van der Waals surface area contributed by atoms with E-state index in [1.54, 1.807) is 0 Å². The molecule has 0 saturated carbocycles. The van der Waals surface area contributed by atoms with Crippen LogP contribution in [0.2, 0.25) is 0 Å². The second-order valence-electron chi connectivity index (χ2n) is 10.6. The van der Waals surface area contributed by atoms with Crippen molar-refractivity contribution in [2.75, 3.05) is 0 Å². The van der Waals surface area contributed by atoms with E-state index < -0.39 is 0 Å². The molecule has 0 amide bonds. The first-order chi connectivity index (χ1) is 17.9. The maximum Gasteiger partial charge on any atom is 0.159 e. The fourth-order valence-electron chi connectivity index (χ4n) is 8.36. The Balaban J connectivity index is 1.68. The van der Waals surface area contributed by atoms with Gasteiger partial charge >= 0.3 is 0 Å². The molecule has 0 saturated heterocycles. The van der Waals surface area contributed by atoms with Gasteiger partial charge in [-0.3, -0.25) is 0 Å². The van der Waals surface area contributed by atoms with Crippen LogP contribution in [0, 0.1) is 0 Å². The predicted molar refractivity (Wildman–Crippen MR) is 143 cm³/mol. The number of fused-ring (bicyclic) bond motifs is 6. The van der Waals surface area contributed by atoms with Gasteiger partial charge in [0.25, 0.3) is 0 Å². The summed E-state index contributed by atoms with van der Waals surface area (Å²) in [5, 5.41) is 11.2. The molecule has 0 aliphatic carbocycles. The average Bonchev–Trinajstić information content (AvgIpc) is 3.70. The smallest absolute Gasteiger partial charge is 0.159 e. The zero-order valence-corrected chi connectivity index (χ0v) is 18.4. The van der Waals surface area contributed by atoms with E-state index in [-0.39, 0.29) is 0 Å². The Morgan fingerprint density at radius 3 is 1.56 bits per heavy atom. The van der Waals surface area contributed by atoms with Crippen LogP contribution in [0.15, 0.2) is 64.0 Å². The van der Waals surface area contributed by atoms with Gasteiger partial charge in [-0.25, -0.2) is 0 Å². The number of aromatic amines is 1. The highest BCUT2D eigenvalue weighted by molar-refractivity contribution is 6.47. The minimum atomic E-state index is 0.961. The van der Waals surface area contributed by atoms with E-state index in [1.165, 1.54) is 87.2 Å². The monoisotopic (exact) mass is 458 g/mol. The van der Waals surface area contributed by atoms with E-state index in [9.17, 15) is 0 Å². The topological polar surface area (TPSA) is 55.3 Å². The number of rotatable bonds is 0. The number of hydrogen-bond acceptors (Lipinski definition) is 2. The van der Waals surface area contributed by atoms with E-state index in [4.69, 9.17) is 8.83 Å². The number of nitrogens with one attached hydrogen (secondary N) is 1. The highest BCUT2D eigenvalue weighted by Gasteiger charge is 2.33. The number of pyridine rings is 6. The number of hydrogen-bond donors (Lipinski definition) is 1. The van der Waals surface area contributed by atoms with Crippen LogP contribution in [0.3, 0.4) is 0 Å². The SMILES string of the molecule is c1oc2c3c1c1ccc4c5[nH]cc6c5c5c(c3c3c7c8c(coc8c8ccc6n8c57)c5ccc2n53)n14. The Morgan fingerprint density at radius 1 is 0.472 bits per heavy atom. The summed E-state index contributed by atoms with van der Waals surface area (Å²) in [5.74, 6) is 0. The summed E-state index contributed by atoms with van der Waals surface area (Å²) in [6.07, 6.45) is 6.09. The van der Waals surface area contributed by atoms with Gasteiger partial charge in [0.05, 0.1) is 55.2 Å². The summed E-state index contributed by atoms with van der Waals surface area (Å²) >= 11 is 0. The van der Waals surface area contributed by atoms with Crippen LogP contribution in [-0.2, 0) is 0 Å². The number of aromatic nitrogens is 4. The molecule has 6 heteroatoms. The Kier molecular flexibility index (Phi) is 1.67. The lowest BCUT2D eigenvalue weighted by molar-refractivity contribution is 0.621. The highest BCUT2D eigenvalue weighted by atomic mass is 16.3. The van der Waals surface area contributed by atoms with Crippen molar-refractivity contribution in [1.29, 1.82) is 0 Å². The van der Waals surface area contributed by atoms with Crippen molar-refractivity contribution in [3.63, 3.8) is 0 Å². The molecule has 0 radical (unpaired) electrons. The number of nitrogens with zero attached hydrogens (tertiary/aromatic N) is 3. The molecule has 0 unspecified atom stereocenters. The molecular weight excluding hydrogens is 448 g/mol. The van der Waals surface area contributed by atoms with Crippen molar-refractivity contribution in [2.24, 2.45) is 0 Å². The number of H-pyrrole nitrogens is 1. The molecule has 0 fully saturated rings. The summed E-state index contributed by atoms with van der Waals surface area (Å²) in [4.78, 5) is 3.66. The average molecular weight is 458 g/mol. The molecule has 1 aromatic carbocycles. The van der Waals surface area contributed by atoms with Crippen LogP contribution in [0.5, 0.6) is 0 Å². The van der Waals surface area contributed by atoms with E-state index in [1.807, 2.05) is 12.5 Å². The first kappa shape index (κ1) is 15.0. The molecule has 0 bridgehead atoms. The molecule has 0 aliphatic rings. The van der Waals surface area contributed by atoms with E-state index in [0.717, 1.165) is 27.6 Å². The molecule has 12 heterocycles. The third kappa shape index (κ3) is 1.07. The normalized spacial score (nSPS) is 14.7.